The van der Waals surface area contributed by atoms with Gasteiger partial charge in [-0.25, -0.2) is 9.97 Å². The first-order valence-corrected chi connectivity index (χ1v) is 7.40. The summed E-state index contributed by atoms with van der Waals surface area (Å²) >= 11 is 0. The number of carbonyl (C=O) groups excluding carboxylic acids is 1. The summed E-state index contributed by atoms with van der Waals surface area (Å²) in [6.45, 7) is 4.02. The predicted octanol–water partition coefficient (Wildman–Crippen LogP) is 2.40. The van der Waals surface area contributed by atoms with Crippen molar-refractivity contribution < 1.29 is 4.79 Å². The molecule has 1 N–H and O–H groups in total. The van der Waals surface area contributed by atoms with Gasteiger partial charge in [-0.3, -0.25) is 4.79 Å². The molecule has 2 heterocycles. The monoisotopic (exact) mass is 309 g/mol. The highest BCUT2D eigenvalue weighted by molar-refractivity contribution is 5.92. The highest BCUT2D eigenvalue weighted by Crippen LogP contribution is 2.17. The molecule has 0 aliphatic heterocycles. The van der Waals surface area contributed by atoms with Crippen molar-refractivity contribution in [3.63, 3.8) is 0 Å². The number of amides is 1. The fourth-order valence-corrected chi connectivity index (χ4v) is 2.39. The number of rotatable bonds is 4. The number of aryl methyl sites for hydroxylation is 2. The Morgan fingerprint density at radius 3 is 2.48 bits per heavy atom. The molecule has 6 heteroatoms. The molecule has 2 aromatic heterocycles. The molecule has 0 radical (unpaired) electrons. The molecular formula is C17H19N5O. The molecule has 0 aliphatic carbocycles. The van der Waals surface area contributed by atoms with Gasteiger partial charge >= 0.3 is 0 Å². The van der Waals surface area contributed by atoms with Crippen LogP contribution in [0.2, 0.25) is 0 Å². The quantitative estimate of drug-likeness (QED) is 0.805. The molecule has 0 saturated heterocycles. The van der Waals surface area contributed by atoms with E-state index in [1.54, 1.807) is 18.9 Å². The number of imidazole rings is 2. The molecule has 0 saturated carbocycles. The van der Waals surface area contributed by atoms with Crippen molar-refractivity contribution in [2.24, 2.45) is 7.05 Å². The van der Waals surface area contributed by atoms with Crippen molar-refractivity contribution in [3.05, 3.63) is 60.2 Å². The van der Waals surface area contributed by atoms with Gasteiger partial charge in [-0.2, -0.15) is 0 Å². The van der Waals surface area contributed by atoms with Crippen LogP contribution in [0.1, 0.15) is 17.1 Å². The highest BCUT2D eigenvalue weighted by Gasteiger charge is 2.08. The second kappa shape index (κ2) is 6.08. The number of carbonyl (C=O) groups is 1. The zero-order valence-electron chi connectivity index (χ0n) is 13.4. The summed E-state index contributed by atoms with van der Waals surface area (Å²) in [5.74, 6) is -0.0593. The number of aromatic nitrogens is 4. The molecule has 0 atom stereocenters. The van der Waals surface area contributed by atoms with Gasteiger partial charge in [0.25, 0.3) is 0 Å². The van der Waals surface area contributed by atoms with Crippen molar-refractivity contribution in [1.29, 1.82) is 0 Å². The van der Waals surface area contributed by atoms with Crippen LogP contribution in [-0.4, -0.2) is 25.0 Å². The zero-order valence-corrected chi connectivity index (χ0v) is 13.4. The topological polar surface area (TPSA) is 64.7 Å². The van der Waals surface area contributed by atoms with Crippen molar-refractivity contribution >= 4 is 11.6 Å². The van der Waals surface area contributed by atoms with Crippen molar-refractivity contribution in [2.45, 2.75) is 20.3 Å². The van der Waals surface area contributed by atoms with Crippen LogP contribution in [0.4, 0.5) is 5.69 Å². The second-order valence-corrected chi connectivity index (χ2v) is 5.55. The van der Waals surface area contributed by atoms with Gasteiger partial charge in [0.2, 0.25) is 5.91 Å². The van der Waals surface area contributed by atoms with Gasteiger partial charge in [0.15, 0.2) is 0 Å². The van der Waals surface area contributed by atoms with Gasteiger partial charge in [-0.05, 0) is 38.1 Å². The normalized spacial score (nSPS) is 10.7. The Morgan fingerprint density at radius 2 is 1.91 bits per heavy atom. The first-order valence-electron chi connectivity index (χ1n) is 7.40. The van der Waals surface area contributed by atoms with Crippen LogP contribution in [0, 0.1) is 13.8 Å². The summed E-state index contributed by atoms with van der Waals surface area (Å²) in [6.07, 6.45) is 5.50. The molecule has 0 bridgehead atoms. The van der Waals surface area contributed by atoms with E-state index in [1.165, 1.54) is 0 Å². The summed E-state index contributed by atoms with van der Waals surface area (Å²) < 4.78 is 3.86. The minimum absolute atomic E-state index is 0.0593. The molecule has 0 unspecified atom stereocenters. The lowest BCUT2D eigenvalue weighted by atomic mass is 10.2. The lowest BCUT2D eigenvalue weighted by molar-refractivity contribution is -0.115. The van der Waals surface area contributed by atoms with E-state index < -0.39 is 0 Å². The lowest BCUT2D eigenvalue weighted by Crippen LogP contribution is -2.16. The Kier molecular flexibility index (Phi) is 3.97. The summed E-state index contributed by atoms with van der Waals surface area (Å²) in [5.41, 5.74) is 4.79. The molecule has 0 spiro atoms. The molecule has 3 aromatic rings. The molecule has 1 amide bonds. The largest absolute Gasteiger partial charge is 0.337 e. The molecular weight excluding hydrogens is 290 g/mol. The third-order valence-corrected chi connectivity index (χ3v) is 3.94. The van der Waals surface area contributed by atoms with Gasteiger partial charge in [0, 0.05) is 36.0 Å². The van der Waals surface area contributed by atoms with E-state index in [0.29, 0.717) is 6.42 Å². The molecule has 23 heavy (non-hydrogen) atoms. The van der Waals surface area contributed by atoms with Crippen LogP contribution in [0.25, 0.3) is 5.69 Å². The van der Waals surface area contributed by atoms with Crippen molar-refractivity contribution in [3.8, 4) is 5.69 Å². The lowest BCUT2D eigenvalue weighted by Gasteiger charge is -2.09. The van der Waals surface area contributed by atoms with E-state index >= 15 is 0 Å². The number of hydrogen-bond acceptors (Lipinski definition) is 3. The highest BCUT2D eigenvalue weighted by atomic mass is 16.1. The molecule has 6 nitrogen and oxygen atoms in total. The number of anilines is 1. The standard InChI is InChI=1S/C17H19N5O/c1-12-13(2)22(11-19-12)15-6-4-14(5-7-15)20-17(23)8-16-9-18-10-21(16)3/h4-7,9-11H,8H2,1-3H3,(H,20,23). The number of nitrogens with one attached hydrogen (secondary N) is 1. The third kappa shape index (κ3) is 3.15. The number of benzene rings is 1. The van der Waals surface area contributed by atoms with Gasteiger partial charge in [0.05, 0.1) is 24.8 Å². The fourth-order valence-electron chi connectivity index (χ4n) is 2.39. The molecule has 0 aliphatic rings. The molecule has 118 valence electrons. The minimum atomic E-state index is -0.0593. The van der Waals surface area contributed by atoms with Crippen molar-refractivity contribution in [2.75, 3.05) is 5.32 Å². The van der Waals surface area contributed by atoms with E-state index in [4.69, 9.17) is 0 Å². The Bertz CT molecular complexity index is 829. The number of hydrogen-bond donors (Lipinski definition) is 1. The summed E-state index contributed by atoms with van der Waals surface area (Å²) in [5, 5.41) is 2.90. The Balaban J connectivity index is 1.69. The van der Waals surface area contributed by atoms with Gasteiger partial charge in [-0.1, -0.05) is 0 Å². The van der Waals surface area contributed by atoms with Gasteiger partial charge < -0.3 is 14.5 Å². The van der Waals surface area contributed by atoms with E-state index in [0.717, 1.165) is 28.5 Å². The molecule has 1 aromatic carbocycles. The maximum Gasteiger partial charge on any atom is 0.230 e. The van der Waals surface area contributed by atoms with E-state index in [-0.39, 0.29) is 5.91 Å². The molecule has 0 fully saturated rings. The summed E-state index contributed by atoms with van der Waals surface area (Å²) in [7, 11) is 1.87. The smallest absolute Gasteiger partial charge is 0.230 e. The van der Waals surface area contributed by atoms with Crippen LogP contribution >= 0.6 is 0 Å². The van der Waals surface area contributed by atoms with Gasteiger partial charge in [-0.15, -0.1) is 0 Å². The van der Waals surface area contributed by atoms with Crippen LogP contribution < -0.4 is 5.32 Å². The second-order valence-electron chi connectivity index (χ2n) is 5.55. The third-order valence-electron chi connectivity index (χ3n) is 3.94. The van der Waals surface area contributed by atoms with E-state index in [2.05, 4.69) is 15.3 Å². The minimum Gasteiger partial charge on any atom is -0.337 e. The Labute approximate surface area is 134 Å². The Hall–Kier alpha value is -2.89. The average molecular weight is 309 g/mol. The maximum absolute atomic E-state index is 12.1. The van der Waals surface area contributed by atoms with Crippen molar-refractivity contribution in [1.82, 2.24) is 19.1 Å². The Morgan fingerprint density at radius 1 is 1.17 bits per heavy atom. The zero-order chi connectivity index (χ0) is 16.4. The van der Waals surface area contributed by atoms with Crippen LogP contribution in [0.5, 0.6) is 0 Å². The van der Waals surface area contributed by atoms with Gasteiger partial charge in [0.1, 0.15) is 0 Å². The average Bonchev–Trinajstić information content (AvgIpc) is 3.07. The maximum atomic E-state index is 12.1. The van der Waals surface area contributed by atoms with Crippen LogP contribution in [0.15, 0.2) is 43.1 Å². The first kappa shape index (κ1) is 15.0. The van der Waals surface area contributed by atoms with Crippen LogP contribution in [-0.2, 0) is 18.3 Å². The first-order chi connectivity index (χ1) is 11.0. The summed E-state index contributed by atoms with van der Waals surface area (Å²) in [4.78, 5) is 20.4. The predicted molar refractivity (Wildman–Crippen MR) is 88.6 cm³/mol. The number of nitrogens with zero attached hydrogens (tertiary/aromatic N) is 4. The van der Waals surface area contributed by atoms with E-state index in [1.807, 2.05) is 54.3 Å². The summed E-state index contributed by atoms with van der Waals surface area (Å²) in [6, 6.07) is 7.72. The molecule has 3 rings (SSSR count). The van der Waals surface area contributed by atoms with Crippen LogP contribution in [0.3, 0.4) is 0 Å². The fraction of sp³-hybridized carbons (Fsp3) is 0.235. The van der Waals surface area contributed by atoms with E-state index in [9.17, 15) is 4.79 Å². The SMILES string of the molecule is Cc1ncn(-c2ccc(NC(=O)Cc3cncn3C)cc2)c1C.